The van der Waals surface area contributed by atoms with Crippen LogP contribution in [0.2, 0.25) is 0 Å². The third-order valence-corrected chi connectivity index (χ3v) is 1.40. The molecular weight excluding hydrogens is 159 g/mol. The standard InChI is InChI=1S/C8H9FN2O/c1-4-2-5(8(11)12)6(9)3-7(4)10/h2-3H,10H2,1H3,(H2,11,12)/i1D3. The second kappa shape index (κ2) is 2.81. The lowest BCUT2D eigenvalue weighted by Crippen LogP contribution is -2.13. The molecule has 0 spiro atoms. The summed E-state index contributed by atoms with van der Waals surface area (Å²) in [5.41, 5.74) is 9.22. The highest BCUT2D eigenvalue weighted by atomic mass is 19.1. The Morgan fingerprint density at radius 1 is 1.67 bits per heavy atom. The molecule has 12 heavy (non-hydrogen) atoms. The normalized spacial score (nSPS) is 14.6. The average Bonchev–Trinajstić information content (AvgIpc) is 2.00. The van der Waals surface area contributed by atoms with Crippen LogP contribution in [0, 0.1) is 12.7 Å². The van der Waals surface area contributed by atoms with E-state index in [4.69, 9.17) is 15.6 Å². The van der Waals surface area contributed by atoms with Crippen LogP contribution in [0.15, 0.2) is 12.1 Å². The lowest BCUT2D eigenvalue weighted by Gasteiger charge is -2.02. The van der Waals surface area contributed by atoms with E-state index in [-0.39, 0.29) is 11.3 Å². The molecule has 4 N–H and O–H groups in total. The van der Waals surface area contributed by atoms with Crippen molar-refractivity contribution in [1.82, 2.24) is 0 Å². The summed E-state index contributed by atoms with van der Waals surface area (Å²) in [6, 6.07) is 1.64. The summed E-state index contributed by atoms with van der Waals surface area (Å²) in [5, 5.41) is 0. The zero-order valence-corrected chi connectivity index (χ0v) is 6.10. The van der Waals surface area contributed by atoms with Crippen molar-refractivity contribution in [2.75, 3.05) is 5.73 Å². The van der Waals surface area contributed by atoms with Gasteiger partial charge in [0.05, 0.1) is 5.56 Å². The van der Waals surface area contributed by atoms with Gasteiger partial charge in [-0.15, -0.1) is 0 Å². The Hall–Kier alpha value is -1.58. The summed E-state index contributed by atoms with van der Waals surface area (Å²) >= 11 is 0. The van der Waals surface area contributed by atoms with Crippen molar-refractivity contribution in [2.24, 2.45) is 5.73 Å². The molecular formula is C8H9FN2O. The Balaban J connectivity index is 3.43. The number of carbonyl (C=O) groups is 1. The summed E-state index contributed by atoms with van der Waals surface area (Å²) in [6.07, 6.45) is 0. The van der Waals surface area contributed by atoms with Crippen molar-refractivity contribution in [3.63, 3.8) is 0 Å². The van der Waals surface area contributed by atoms with Crippen molar-refractivity contribution in [3.05, 3.63) is 29.1 Å². The van der Waals surface area contributed by atoms with Gasteiger partial charge in [-0.25, -0.2) is 4.39 Å². The molecule has 1 aromatic rings. The van der Waals surface area contributed by atoms with E-state index in [9.17, 15) is 9.18 Å². The molecule has 0 heterocycles. The number of nitrogen functional groups attached to an aromatic ring is 1. The van der Waals surface area contributed by atoms with Gasteiger partial charge in [0.15, 0.2) is 0 Å². The van der Waals surface area contributed by atoms with Crippen LogP contribution >= 0.6 is 0 Å². The molecule has 0 aliphatic rings. The van der Waals surface area contributed by atoms with Crippen molar-refractivity contribution >= 4 is 11.6 Å². The molecule has 1 amide bonds. The minimum Gasteiger partial charge on any atom is -0.398 e. The highest BCUT2D eigenvalue weighted by Gasteiger charge is 2.09. The van der Waals surface area contributed by atoms with Crippen LogP contribution in [0.25, 0.3) is 0 Å². The first-order chi connectivity index (χ1) is 6.73. The molecule has 0 aliphatic heterocycles. The maximum Gasteiger partial charge on any atom is 0.251 e. The van der Waals surface area contributed by atoms with E-state index in [0.717, 1.165) is 12.1 Å². The van der Waals surface area contributed by atoms with Gasteiger partial charge in [0.25, 0.3) is 5.91 Å². The van der Waals surface area contributed by atoms with Gasteiger partial charge in [-0.05, 0) is 24.5 Å². The van der Waals surface area contributed by atoms with E-state index < -0.39 is 24.1 Å². The van der Waals surface area contributed by atoms with Gasteiger partial charge in [-0.2, -0.15) is 0 Å². The first-order valence-electron chi connectivity index (χ1n) is 4.63. The molecule has 0 fully saturated rings. The molecule has 64 valence electrons. The number of anilines is 1. The number of hydrogen-bond acceptors (Lipinski definition) is 2. The molecule has 0 unspecified atom stereocenters. The van der Waals surface area contributed by atoms with Gasteiger partial charge < -0.3 is 11.5 Å². The fourth-order valence-electron chi connectivity index (χ4n) is 0.777. The van der Waals surface area contributed by atoms with Gasteiger partial charge in [0.2, 0.25) is 0 Å². The predicted octanol–water partition coefficient (Wildman–Crippen LogP) is 0.815. The molecule has 1 aromatic carbocycles. The first-order valence-corrected chi connectivity index (χ1v) is 3.13. The Bertz CT molecular complexity index is 417. The molecule has 0 saturated heterocycles. The largest absolute Gasteiger partial charge is 0.398 e. The zero-order chi connectivity index (χ0) is 11.8. The Morgan fingerprint density at radius 2 is 2.33 bits per heavy atom. The van der Waals surface area contributed by atoms with Crippen LogP contribution in [-0.4, -0.2) is 5.91 Å². The molecule has 0 aromatic heterocycles. The summed E-state index contributed by atoms with van der Waals surface area (Å²) < 4.78 is 34.4. The number of amides is 1. The third kappa shape index (κ3) is 1.37. The minimum atomic E-state index is -2.50. The van der Waals surface area contributed by atoms with Crippen molar-refractivity contribution in [1.29, 1.82) is 0 Å². The third-order valence-electron chi connectivity index (χ3n) is 1.40. The molecule has 1 rings (SSSR count). The van der Waals surface area contributed by atoms with Crippen molar-refractivity contribution in [2.45, 2.75) is 6.85 Å². The Morgan fingerprint density at radius 3 is 2.83 bits per heavy atom. The summed E-state index contributed by atoms with van der Waals surface area (Å²) in [5.74, 6) is -1.95. The fourth-order valence-corrected chi connectivity index (χ4v) is 0.777. The topological polar surface area (TPSA) is 69.1 Å². The fraction of sp³-hybridized carbons (Fsp3) is 0.125. The summed E-state index contributed by atoms with van der Waals surface area (Å²) in [4.78, 5) is 10.8. The number of aryl methyl sites for hydroxylation is 1. The number of nitrogens with two attached hydrogens (primary N) is 2. The molecule has 4 heteroatoms. The van der Waals surface area contributed by atoms with Crippen molar-refractivity contribution in [3.8, 4) is 0 Å². The van der Waals surface area contributed by atoms with Gasteiger partial charge in [0.1, 0.15) is 5.82 Å². The van der Waals surface area contributed by atoms with Gasteiger partial charge in [0, 0.05) is 9.80 Å². The Kier molecular flexibility index (Phi) is 1.20. The number of benzene rings is 1. The van der Waals surface area contributed by atoms with Gasteiger partial charge in [-0.1, -0.05) is 0 Å². The molecule has 0 bridgehead atoms. The van der Waals surface area contributed by atoms with Crippen LogP contribution in [0.5, 0.6) is 0 Å². The first kappa shape index (κ1) is 5.13. The van der Waals surface area contributed by atoms with Crippen LogP contribution in [-0.2, 0) is 0 Å². The number of primary amides is 1. The quantitative estimate of drug-likeness (QED) is 0.614. The van der Waals surface area contributed by atoms with E-state index in [2.05, 4.69) is 0 Å². The zero-order valence-electron chi connectivity index (χ0n) is 9.10. The predicted molar refractivity (Wildman–Crippen MR) is 44.1 cm³/mol. The summed E-state index contributed by atoms with van der Waals surface area (Å²) in [7, 11) is 0. The molecule has 3 nitrogen and oxygen atoms in total. The monoisotopic (exact) mass is 171 g/mol. The molecule has 0 atom stereocenters. The maximum atomic E-state index is 13.1. The number of rotatable bonds is 1. The second-order valence-corrected chi connectivity index (χ2v) is 2.28. The lowest BCUT2D eigenvalue weighted by molar-refractivity contribution is 0.0996. The van der Waals surface area contributed by atoms with Crippen LogP contribution < -0.4 is 11.5 Å². The molecule has 0 saturated carbocycles. The van der Waals surface area contributed by atoms with Gasteiger partial charge in [-0.3, -0.25) is 4.79 Å². The van der Waals surface area contributed by atoms with E-state index in [1.165, 1.54) is 0 Å². The smallest absolute Gasteiger partial charge is 0.251 e. The number of hydrogen-bond donors (Lipinski definition) is 2. The molecule has 0 radical (unpaired) electrons. The average molecular weight is 171 g/mol. The molecule has 0 aliphatic carbocycles. The SMILES string of the molecule is [2H]C([2H])([2H])c1cc(C(N)=O)c(F)cc1N. The maximum absolute atomic E-state index is 13.1. The van der Waals surface area contributed by atoms with E-state index >= 15 is 0 Å². The van der Waals surface area contributed by atoms with Crippen molar-refractivity contribution < 1.29 is 13.3 Å². The number of halogens is 1. The van der Waals surface area contributed by atoms with Gasteiger partial charge >= 0.3 is 0 Å². The van der Waals surface area contributed by atoms with Crippen LogP contribution in [0.3, 0.4) is 0 Å². The highest BCUT2D eigenvalue weighted by molar-refractivity contribution is 5.93. The van der Waals surface area contributed by atoms with E-state index in [1.54, 1.807) is 0 Å². The van der Waals surface area contributed by atoms with Crippen LogP contribution in [0.4, 0.5) is 10.1 Å². The highest BCUT2D eigenvalue weighted by Crippen LogP contribution is 2.16. The van der Waals surface area contributed by atoms with Crippen LogP contribution in [0.1, 0.15) is 20.0 Å². The number of carbonyl (C=O) groups excluding carboxylic acids is 1. The lowest BCUT2D eigenvalue weighted by atomic mass is 10.1. The van der Waals surface area contributed by atoms with E-state index in [0.29, 0.717) is 0 Å². The second-order valence-electron chi connectivity index (χ2n) is 2.28. The summed E-state index contributed by atoms with van der Waals surface area (Å²) in [6.45, 7) is -2.50. The Labute approximate surface area is 73.4 Å². The minimum absolute atomic E-state index is 0.225. The van der Waals surface area contributed by atoms with E-state index in [1.807, 2.05) is 0 Å².